The lowest BCUT2D eigenvalue weighted by Crippen LogP contribution is -2.06. The van der Waals surface area contributed by atoms with E-state index in [2.05, 4.69) is 57.3 Å². The van der Waals surface area contributed by atoms with Crippen molar-refractivity contribution in [1.29, 1.82) is 0 Å². The highest BCUT2D eigenvalue weighted by Crippen LogP contribution is 2.28. The standard InChI is InChI=1S/C23H31N/c1-6-8-20(10-7-9-19(5)17(2)3)22-15-23(24-16-22)21-13-11-18(4)12-14-21/h11-15,20H,2,5-10,16H2,1,3-4H3. The first-order valence-corrected chi connectivity index (χ1v) is 9.17. The Morgan fingerprint density at radius 2 is 1.88 bits per heavy atom. The highest BCUT2D eigenvalue weighted by Gasteiger charge is 2.18. The molecular formula is C23H31N. The Labute approximate surface area is 147 Å². The van der Waals surface area contributed by atoms with E-state index >= 15 is 0 Å². The van der Waals surface area contributed by atoms with Crippen molar-refractivity contribution in [2.24, 2.45) is 10.9 Å². The van der Waals surface area contributed by atoms with Gasteiger partial charge in [-0.25, -0.2) is 0 Å². The van der Waals surface area contributed by atoms with Crippen LogP contribution in [0.25, 0.3) is 0 Å². The van der Waals surface area contributed by atoms with Gasteiger partial charge in [-0.3, -0.25) is 4.99 Å². The third-order valence-electron chi connectivity index (χ3n) is 4.90. The maximum Gasteiger partial charge on any atom is 0.0650 e. The first-order chi connectivity index (χ1) is 11.5. The summed E-state index contributed by atoms with van der Waals surface area (Å²) in [7, 11) is 0. The van der Waals surface area contributed by atoms with Crippen molar-refractivity contribution < 1.29 is 0 Å². The summed E-state index contributed by atoms with van der Waals surface area (Å²) in [6, 6.07) is 8.69. The molecule has 1 heteroatoms. The molecule has 0 aliphatic carbocycles. The predicted molar refractivity (Wildman–Crippen MR) is 107 cm³/mol. The zero-order valence-electron chi connectivity index (χ0n) is 15.6. The number of aliphatic imine (C=N–C) groups is 1. The zero-order valence-corrected chi connectivity index (χ0v) is 15.6. The topological polar surface area (TPSA) is 12.4 Å². The van der Waals surface area contributed by atoms with Gasteiger partial charge in [0, 0.05) is 0 Å². The van der Waals surface area contributed by atoms with Crippen molar-refractivity contribution in [1.82, 2.24) is 0 Å². The Morgan fingerprint density at radius 3 is 2.50 bits per heavy atom. The number of nitrogens with zero attached hydrogens (tertiary/aromatic N) is 1. The van der Waals surface area contributed by atoms with Crippen molar-refractivity contribution in [3.63, 3.8) is 0 Å². The predicted octanol–water partition coefficient (Wildman–Crippen LogP) is 6.44. The third kappa shape index (κ3) is 5.06. The number of benzene rings is 1. The highest BCUT2D eigenvalue weighted by molar-refractivity contribution is 6.10. The van der Waals surface area contributed by atoms with Crippen LogP contribution >= 0.6 is 0 Å². The molecule has 1 aromatic carbocycles. The van der Waals surface area contributed by atoms with Gasteiger partial charge in [0.05, 0.1) is 12.3 Å². The fourth-order valence-electron chi connectivity index (χ4n) is 3.23. The normalized spacial score (nSPS) is 15.0. The van der Waals surface area contributed by atoms with Gasteiger partial charge in [0.15, 0.2) is 0 Å². The molecule has 2 rings (SSSR count). The molecule has 0 N–H and O–H groups in total. The summed E-state index contributed by atoms with van der Waals surface area (Å²) in [6.45, 7) is 15.4. The number of allylic oxidation sites excluding steroid dienone is 3. The average Bonchev–Trinajstić information content (AvgIpc) is 3.04. The van der Waals surface area contributed by atoms with Gasteiger partial charge in [-0.2, -0.15) is 0 Å². The molecule has 0 aromatic heterocycles. The summed E-state index contributed by atoms with van der Waals surface area (Å²) >= 11 is 0. The first kappa shape index (κ1) is 18.4. The number of hydrogen-bond donors (Lipinski definition) is 0. The summed E-state index contributed by atoms with van der Waals surface area (Å²) in [4.78, 5) is 4.78. The zero-order chi connectivity index (χ0) is 17.5. The van der Waals surface area contributed by atoms with Crippen LogP contribution in [0.1, 0.15) is 57.1 Å². The molecule has 0 saturated heterocycles. The van der Waals surface area contributed by atoms with Crippen LogP contribution in [0.4, 0.5) is 0 Å². The molecule has 1 heterocycles. The monoisotopic (exact) mass is 321 g/mol. The van der Waals surface area contributed by atoms with Crippen LogP contribution < -0.4 is 0 Å². The number of hydrogen-bond acceptors (Lipinski definition) is 1. The number of aryl methyl sites for hydroxylation is 1. The van der Waals surface area contributed by atoms with Crippen LogP contribution in [0.2, 0.25) is 0 Å². The average molecular weight is 322 g/mol. The molecule has 24 heavy (non-hydrogen) atoms. The van der Waals surface area contributed by atoms with E-state index in [0.29, 0.717) is 5.92 Å². The molecule has 1 aliphatic heterocycles. The molecule has 1 nitrogen and oxygen atoms in total. The van der Waals surface area contributed by atoms with Crippen LogP contribution in [0.15, 0.2) is 65.2 Å². The van der Waals surface area contributed by atoms with Crippen LogP contribution in [0, 0.1) is 12.8 Å². The fourth-order valence-corrected chi connectivity index (χ4v) is 3.23. The largest absolute Gasteiger partial charge is 0.280 e. The van der Waals surface area contributed by atoms with E-state index in [9.17, 15) is 0 Å². The Balaban J connectivity index is 1.98. The Morgan fingerprint density at radius 1 is 1.17 bits per heavy atom. The van der Waals surface area contributed by atoms with E-state index in [-0.39, 0.29) is 0 Å². The number of rotatable bonds is 9. The van der Waals surface area contributed by atoms with E-state index in [4.69, 9.17) is 4.99 Å². The Hall–Kier alpha value is -1.89. The van der Waals surface area contributed by atoms with E-state index in [1.165, 1.54) is 48.0 Å². The van der Waals surface area contributed by atoms with Gasteiger partial charge < -0.3 is 0 Å². The molecule has 0 saturated carbocycles. The molecule has 0 fully saturated rings. The van der Waals surface area contributed by atoms with Crippen molar-refractivity contribution in [3.05, 3.63) is 71.3 Å². The van der Waals surface area contributed by atoms with Gasteiger partial charge in [0.2, 0.25) is 0 Å². The minimum absolute atomic E-state index is 0.652. The quantitative estimate of drug-likeness (QED) is 0.464. The SMILES string of the molecule is C=C(C)C(=C)CCCC(CCC)C1=CC(c2ccc(C)cc2)=NC1. The lowest BCUT2D eigenvalue weighted by Gasteiger charge is -2.17. The second-order valence-electron chi connectivity index (χ2n) is 7.05. The second-order valence-corrected chi connectivity index (χ2v) is 7.05. The molecule has 0 spiro atoms. The van der Waals surface area contributed by atoms with Crippen molar-refractivity contribution >= 4 is 5.71 Å². The maximum absolute atomic E-state index is 4.78. The van der Waals surface area contributed by atoms with Gasteiger partial charge in [-0.1, -0.05) is 67.5 Å². The van der Waals surface area contributed by atoms with E-state index in [0.717, 1.165) is 24.3 Å². The Kier molecular flexibility index (Phi) is 6.78. The minimum atomic E-state index is 0.652. The summed E-state index contributed by atoms with van der Waals surface area (Å²) in [5.41, 5.74) is 7.50. The van der Waals surface area contributed by atoms with Crippen LogP contribution in [-0.2, 0) is 0 Å². The fraction of sp³-hybridized carbons (Fsp3) is 0.435. The van der Waals surface area contributed by atoms with E-state index < -0.39 is 0 Å². The minimum Gasteiger partial charge on any atom is -0.280 e. The van der Waals surface area contributed by atoms with Gasteiger partial charge in [0.25, 0.3) is 0 Å². The summed E-state index contributed by atoms with van der Waals surface area (Å²) in [5.74, 6) is 0.652. The van der Waals surface area contributed by atoms with Crippen molar-refractivity contribution in [2.45, 2.75) is 52.9 Å². The maximum atomic E-state index is 4.78. The van der Waals surface area contributed by atoms with Crippen molar-refractivity contribution in [2.75, 3.05) is 6.54 Å². The van der Waals surface area contributed by atoms with Crippen LogP contribution in [-0.4, -0.2) is 12.3 Å². The molecule has 128 valence electrons. The summed E-state index contributed by atoms with van der Waals surface area (Å²) in [6.07, 6.45) is 8.29. The molecule has 0 amide bonds. The summed E-state index contributed by atoms with van der Waals surface area (Å²) < 4.78 is 0. The molecule has 0 bridgehead atoms. The smallest absolute Gasteiger partial charge is 0.0650 e. The lowest BCUT2D eigenvalue weighted by molar-refractivity contribution is 0.489. The highest BCUT2D eigenvalue weighted by atomic mass is 14.8. The molecule has 1 aliphatic rings. The first-order valence-electron chi connectivity index (χ1n) is 9.17. The van der Waals surface area contributed by atoms with E-state index in [1.807, 2.05) is 6.92 Å². The van der Waals surface area contributed by atoms with Gasteiger partial charge in [0.1, 0.15) is 0 Å². The summed E-state index contributed by atoms with van der Waals surface area (Å²) in [5, 5.41) is 0. The van der Waals surface area contributed by atoms with Crippen LogP contribution in [0.5, 0.6) is 0 Å². The molecular weight excluding hydrogens is 290 g/mol. The van der Waals surface area contributed by atoms with Gasteiger partial charge in [-0.15, -0.1) is 0 Å². The third-order valence-corrected chi connectivity index (χ3v) is 4.90. The van der Waals surface area contributed by atoms with Crippen LogP contribution in [0.3, 0.4) is 0 Å². The molecule has 1 atom stereocenters. The van der Waals surface area contributed by atoms with Crippen molar-refractivity contribution in [3.8, 4) is 0 Å². The Bertz CT molecular complexity index is 643. The lowest BCUT2D eigenvalue weighted by atomic mass is 9.88. The van der Waals surface area contributed by atoms with Gasteiger partial charge >= 0.3 is 0 Å². The molecule has 1 unspecified atom stereocenters. The van der Waals surface area contributed by atoms with E-state index in [1.54, 1.807) is 0 Å². The second kappa shape index (κ2) is 8.82. The van der Waals surface area contributed by atoms with Gasteiger partial charge in [-0.05, 0) is 62.7 Å². The molecule has 1 aromatic rings. The molecule has 0 radical (unpaired) electrons.